The molecular weight excluding hydrogens is 362 g/mol. The van der Waals surface area contributed by atoms with Crippen LogP contribution in [0.15, 0.2) is 45.9 Å². The Balaban J connectivity index is 2.40. The first-order chi connectivity index (χ1) is 9.79. The van der Waals surface area contributed by atoms with E-state index >= 15 is 0 Å². The van der Waals surface area contributed by atoms with Gasteiger partial charge in [0, 0.05) is 22.3 Å². The molecule has 1 N–H and O–H groups in total. The molecule has 0 spiro atoms. The Bertz CT molecular complexity index is 808. The van der Waals surface area contributed by atoms with Gasteiger partial charge < -0.3 is 0 Å². The second-order valence-corrected chi connectivity index (χ2v) is 6.77. The monoisotopic (exact) mass is 371 g/mol. The van der Waals surface area contributed by atoms with Crippen molar-refractivity contribution in [1.82, 2.24) is 4.98 Å². The van der Waals surface area contributed by atoms with Gasteiger partial charge in [-0.05, 0) is 25.1 Å². The lowest BCUT2D eigenvalue weighted by atomic mass is 10.2. The largest absolute Gasteiger partial charge is 0.273 e. The van der Waals surface area contributed by atoms with Crippen LogP contribution >= 0.6 is 15.9 Å². The van der Waals surface area contributed by atoms with Crippen LogP contribution in [-0.4, -0.2) is 18.3 Å². The van der Waals surface area contributed by atoms with Crippen molar-refractivity contribution < 1.29 is 13.3 Å². The summed E-state index contributed by atoms with van der Waals surface area (Å²) in [4.78, 5) is 13.9. The maximum Gasteiger partial charge on any atom is 0.273 e. The van der Waals surface area contributed by atoms with Crippen LogP contribution in [0.2, 0.25) is 0 Å². The lowest BCUT2D eigenvalue weighted by Crippen LogP contribution is -2.14. The summed E-state index contributed by atoms with van der Waals surface area (Å²) in [6.45, 7) is 1.54. The molecule has 0 unspecified atom stereocenters. The Kier molecular flexibility index (Phi) is 4.24. The summed E-state index contributed by atoms with van der Waals surface area (Å²) >= 11 is 3.20. The van der Waals surface area contributed by atoms with Crippen LogP contribution in [0.4, 0.5) is 11.5 Å². The van der Waals surface area contributed by atoms with E-state index in [9.17, 15) is 18.5 Å². The first kappa shape index (κ1) is 15.4. The van der Waals surface area contributed by atoms with Gasteiger partial charge >= 0.3 is 0 Å². The summed E-state index contributed by atoms with van der Waals surface area (Å²) in [6.07, 6.45) is 1.43. The van der Waals surface area contributed by atoms with Crippen molar-refractivity contribution in [3.05, 3.63) is 56.7 Å². The first-order valence-corrected chi connectivity index (χ1v) is 7.96. The highest BCUT2D eigenvalue weighted by Gasteiger charge is 2.20. The number of anilines is 1. The van der Waals surface area contributed by atoms with Gasteiger partial charge in [-0.1, -0.05) is 22.0 Å². The third kappa shape index (κ3) is 3.56. The van der Waals surface area contributed by atoms with Crippen molar-refractivity contribution in [2.24, 2.45) is 0 Å². The molecule has 0 aliphatic rings. The molecule has 0 aliphatic carbocycles. The molecule has 2 rings (SSSR count). The number of hydrogen-bond donors (Lipinski definition) is 1. The fraction of sp³-hybridized carbons (Fsp3) is 0.0833. The van der Waals surface area contributed by atoms with Gasteiger partial charge in [-0.2, -0.15) is 0 Å². The Morgan fingerprint density at radius 1 is 1.29 bits per heavy atom. The normalized spacial score (nSPS) is 11.1. The first-order valence-electron chi connectivity index (χ1n) is 5.69. The fourth-order valence-corrected chi connectivity index (χ4v) is 2.96. The van der Waals surface area contributed by atoms with E-state index in [2.05, 4.69) is 25.6 Å². The van der Waals surface area contributed by atoms with Crippen LogP contribution < -0.4 is 4.72 Å². The number of benzene rings is 1. The highest BCUT2D eigenvalue weighted by atomic mass is 79.9. The molecule has 0 bridgehead atoms. The second-order valence-electron chi connectivity index (χ2n) is 4.17. The fourth-order valence-electron chi connectivity index (χ4n) is 1.61. The molecule has 7 nitrogen and oxygen atoms in total. The van der Waals surface area contributed by atoms with Crippen molar-refractivity contribution in [2.75, 3.05) is 4.72 Å². The number of hydrogen-bond acceptors (Lipinski definition) is 5. The number of nitrogens with zero attached hydrogens (tertiary/aromatic N) is 2. The van der Waals surface area contributed by atoms with Crippen LogP contribution in [0.25, 0.3) is 0 Å². The van der Waals surface area contributed by atoms with E-state index in [1.165, 1.54) is 31.3 Å². The van der Waals surface area contributed by atoms with Crippen molar-refractivity contribution in [3.8, 4) is 0 Å². The maximum atomic E-state index is 12.2. The van der Waals surface area contributed by atoms with E-state index < -0.39 is 14.9 Å². The highest BCUT2D eigenvalue weighted by Crippen LogP contribution is 2.24. The van der Waals surface area contributed by atoms with Crippen LogP contribution in [0.3, 0.4) is 0 Å². The number of sulfonamides is 1. The zero-order chi connectivity index (χ0) is 15.6. The quantitative estimate of drug-likeness (QED) is 0.657. The molecule has 21 heavy (non-hydrogen) atoms. The molecule has 0 radical (unpaired) electrons. The molecule has 0 saturated heterocycles. The minimum atomic E-state index is -3.94. The number of nitrogens with one attached hydrogen (secondary N) is 1. The Labute approximate surface area is 129 Å². The molecular formula is C12H10BrN3O4S. The molecule has 0 amide bonds. The van der Waals surface area contributed by atoms with Gasteiger partial charge in [0.05, 0.1) is 9.82 Å². The zero-order valence-electron chi connectivity index (χ0n) is 10.8. The van der Waals surface area contributed by atoms with Crippen LogP contribution in [-0.2, 0) is 10.0 Å². The number of halogens is 1. The molecule has 1 aromatic heterocycles. The molecule has 0 fully saturated rings. The second kappa shape index (κ2) is 5.78. The lowest BCUT2D eigenvalue weighted by molar-refractivity contribution is -0.385. The molecule has 1 heterocycles. The Morgan fingerprint density at radius 3 is 2.62 bits per heavy atom. The minimum absolute atomic E-state index is 0.118. The Hall–Kier alpha value is -2.00. The number of nitro benzene ring substituents is 1. The number of nitro groups is 1. The summed E-state index contributed by atoms with van der Waals surface area (Å²) in [5, 5.41) is 10.9. The third-order valence-electron chi connectivity index (χ3n) is 2.65. The van der Waals surface area contributed by atoms with E-state index in [-0.39, 0.29) is 16.4 Å². The molecule has 0 atom stereocenters. The van der Waals surface area contributed by atoms with E-state index in [1.54, 1.807) is 6.07 Å². The summed E-state index contributed by atoms with van der Waals surface area (Å²) in [6, 6.07) is 6.86. The van der Waals surface area contributed by atoms with Crippen molar-refractivity contribution in [3.63, 3.8) is 0 Å². The van der Waals surface area contributed by atoms with Gasteiger partial charge in [-0.3, -0.25) is 14.8 Å². The van der Waals surface area contributed by atoms with Gasteiger partial charge in [0.2, 0.25) is 0 Å². The minimum Gasteiger partial charge on any atom is -0.263 e. The maximum absolute atomic E-state index is 12.2. The van der Waals surface area contributed by atoms with Crippen molar-refractivity contribution >= 4 is 37.5 Å². The predicted molar refractivity (Wildman–Crippen MR) is 80.6 cm³/mol. The summed E-state index contributed by atoms with van der Waals surface area (Å²) in [5.41, 5.74) is 0.139. The van der Waals surface area contributed by atoms with E-state index in [0.717, 1.165) is 6.07 Å². The highest BCUT2D eigenvalue weighted by molar-refractivity contribution is 9.10. The molecule has 110 valence electrons. The molecule has 2 aromatic rings. The standard InChI is InChI=1S/C12H10BrN3O4S/c1-8-2-3-10(7-11(8)16(17)18)21(19,20)15-12-6-9(13)4-5-14-12/h2-7H,1H3,(H,14,15). The summed E-state index contributed by atoms with van der Waals surface area (Å²) in [7, 11) is -3.94. The average Bonchev–Trinajstić information content (AvgIpc) is 2.38. The van der Waals surface area contributed by atoms with Crippen LogP contribution in [0.1, 0.15) is 5.56 Å². The van der Waals surface area contributed by atoms with Crippen molar-refractivity contribution in [2.45, 2.75) is 11.8 Å². The SMILES string of the molecule is Cc1ccc(S(=O)(=O)Nc2cc(Br)ccn2)cc1[N+](=O)[O-]. The third-order valence-corrected chi connectivity index (χ3v) is 4.49. The lowest BCUT2D eigenvalue weighted by Gasteiger charge is -2.08. The average molecular weight is 372 g/mol. The van der Waals surface area contributed by atoms with Gasteiger partial charge in [-0.15, -0.1) is 0 Å². The predicted octanol–water partition coefficient (Wildman–Crippen LogP) is 2.86. The number of pyridine rings is 1. The van der Waals surface area contributed by atoms with Gasteiger partial charge in [0.1, 0.15) is 5.82 Å². The van der Waals surface area contributed by atoms with Gasteiger partial charge in [-0.25, -0.2) is 13.4 Å². The van der Waals surface area contributed by atoms with E-state index in [4.69, 9.17) is 0 Å². The Morgan fingerprint density at radius 2 is 2.00 bits per heavy atom. The molecule has 0 aliphatic heterocycles. The van der Waals surface area contributed by atoms with Crippen LogP contribution in [0, 0.1) is 17.0 Å². The molecule has 9 heteroatoms. The van der Waals surface area contributed by atoms with Crippen LogP contribution in [0.5, 0.6) is 0 Å². The molecule has 0 saturated carbocycles. The number of aromatic nitrogens is 1. The summed E-state index contributed by atoms with van der Waals surface area (Å²) in [5.74, 6) is 0.118. The topological polar surface area (TPSA) is 102 Å². The van der Waals surface area contributed by atoms with Crippen molar-refractivity contribution in [1.29, 1.82) is 0 Å². The zero-order valence-corrected chi connectivity index (χ0v) is 13.2. The van der Waals surface area contributed by atoms with E-state index in [1.807, 2.05) is 0 Å². The van der Waals surface area contributed by atoms with Gasteiger partial charge in [0.15, 0.2) is 0 Å². The van der Waals surface area contributed by atoms with Gasteiger partial charge in [0.25, 0.3) is 15.7 Å². The molecule has 1 aromatic carbocycles. The smallest absolute Gasteiger partial charge is 0.263 e. The van der Waals surface area contributed by atoms with E-state index in [0.29, 0.717) is 10.0 Å². The number of aryl methyl sites for hydroxylation is 1. The summed E-state index contributed by atoms with van der Waals surface area (Å²) < 4.78 is 27.3. The number of rotatable bonds is 4.